The van der Waals surface area contributed by atoms with E-state index in [2.05, 4.69) is 21.4 Å². The number of anilines is 2. The smallest absolute Gasteiger partial charge is 0.262 e. The van der Waals surface area contributed by atoms with Gasteiger partial charge in [-0.15, -0.1) is 0 Å². The summed E-state index contributed by atoms with van der Waals surface area (Å²) in [5.74, 6) is 1.57. The van der Waals surface area contributed by atoms with Gasteiger partial charge in [0.1, 0.15) is 11.6 Å². The lowest BCUT2D eigenvalue weighted by Gasteiger charge is -2.17. The molecule has 7 heteroatoms. The molecule has 0 aliphatic carbocycles. The normalized spacial score (nSPS) is 14.9. The summed E-state index contributed by atoms with van der Waals surface area (Å²) in [4.78, 5) is 28.5. The molecule has 0 saturated carbocycles. The van der Waals surface area contributed by atoms with E-state index in [4.69, 9.17) is 9.72 Å². The van der Waals surface area contributed by atoms with Crippen LogP contribution in [0.1, 0.15) is 30.7 Å². The van der Waals surface area contributed by atoms with Crippen LogP contribution in [-0.2, 0) is 29.0 Å². The average Bonchev–Trinajstić information content (AvgIpc) is 3.22. The van der Waals surface area contributed by atoms with Crippen molar-refractivity contribution in [3.05, 3.63) is 60.0 Å². The quantitative estimate of drug-likeness (QED) is 0.663. The van der Waals surface area contributed by atoms with Gasteiger partial charge in [-0.1, -0.05) is 12.1 Å². The van der Waals surface area contributed by atoms with Crippen molar-refractivity contribution in [1.29, 1.82) is 0 Å². The second-order valence-electron chi connectivity index (χ2n) is 7.97. The topological polar surface area (TPSA) is 85.3 Å². The van der Waals surface area contributed by atoms with Gasteiger partial charge in [0.15, 0.2) is 6.61 Å². The highest BCUT2D eigenvalue weighted by molar-refractivity contribution is 5.94. The molecule has 0 radical (unpaired) electrons. The summed E-state index contributed by atoms with van der Waals surface area (Å²) in [6, 6.07) is 13.2. The first-order valence-corrected chi connectivity index (χ1v) is 10.7. The first kappa shape index (κ1) is 19.4. The van der Waals surface area contributed by atoms with Gasteiger partial charge >= 0.3 is 0 Å². The fourth-order valence-corrected chi connectivity index (χ4v) is 4.07. The average molecular weight is 416 g/mol. The van der Waals surface area contributed by atoms with Crippen LogP contribution < -0.4 is 15.4 Å². The van der Waals surface area contributed by atoms with E-state index in [-0.39, 0.29) is 18.4 Å². The van der Waals surface area contributed by atoms with Crippen molar-refractivity contribution in [2.75, 3.05) is 17.2 Å². The number of carbonyl (C=O) groups excluding carboxylic acids is 2. The van der Waals surface area contributed by atoms with Crippen LogP contribution in [0.2, 0.25) is 0 Å². The number of ether oxygens (including phenoxy) is 1. The summed E-state index contributed by atoms with van der Waals surface area (Å²) in [6.45, 7) is 0.954. The molecule has 0 bridgehead atoms. The monoisotopic (exact) mass is 416 g/mol. The van der Waals surface area contributed by atoms with Gasteiger partial charge in [-0.3, -0.25) is 9.59 Å². The first-order chi connectivity index (χ1) is 15.1. The molecule has 3 aromatic rings. The number of hydrogen-bond donors (Lipinski definition) is 2. The summed E-state index contributed by atoms with van der Waals surface area (Å²) in [5, 5.41) is 5.70. The van der Waals surface area contributed by atoms with Gasteiger partial charge in [-0.25, -0.2) is 4.98 Å². The molecule has 5 rings (SSSR count). The second kappa shape index (κ2) is 8.26. The molecule has 2 aromatic carbocycles. The van der Waals surface area contributed by atoms with Crippen molar-refractivity contribution in [2.24, 2.45) is 0 Å². The zero-order chi connectivity index (χ0) is 21.2. The second-order valence-corrected chi connectivity index (χ2v) is 7.97. The third-order valence-corrected chi connectivity index (χ3v) is 5.72. The molecular weight excluding hydrogens is 392 g/mol. The summed E-state index contributed by atoms with van der Waals surface area (Å²) in [7, 11) is 0. The highest BCUT2D eigenvalue weighted by Crippen LogP contribution is 2.27. The fourth-order valence-electron chi connectivity index (χ4n) is 4.07. The van der Waals surface area contributed by atoms with Crippen molar-refractivity contribution in [3.63, 3.8) is 0 Å². The number of imidazole rings is 1. The number of amides is 2. The predicted octanol–water partition coefficient (Wildman–Crippen LogP) is 3.79. The van der Waals surface area contributed by atoms with Crippen LogP contribution in [0.4, 0.5) is 11.4 Å². The Bertz CT molecular complexity index is 1110. The van der Waals surface area contributed by atoms with Gasteiger partial charge in [0.05, 0.1) is 5.69 Å². The Morgan fingerprint density at radius 2 is 1.97 bits per heavy atom. The molecule has 0 unspecified atom stereocenters. The maximum atomic E-state index is 12.3. The molecule has 2 N–H and O–H groups in total. The lowest BCUT2D eigenvalue weighted by Crippen LogP contribution is -2.21. The van der Waals surface area contributed by atoms with Crippen LogP contribution in [0.25, 0.3) is 11.3 Å². The standard InChI is InChI=1S/C24H24N4O3/c29-23-11-6-17-13-19(9-10-20(17)27-23)31-15-24(30)25-18-7-4-16(5-8-18)21-14-28-12-2-1-3-22(28)26-21/h4-5,7-10,13-14H,1-3,6,11-12,15H2,(H,25,30)(H,27,29). The van der Waals surface area contributed by atoms with Crippen LogP contribution >= 0.6 is 0 Å². The van der Waals surface area contributed by atoms with Crippen molar-refractivity contribution in [2.45, 2.75) is 38.6 Å². The Kier molecular flexibility index (Phi) is 5.16. The number of rotatable bonds is 5. The summed E-state index contributed by atoms with van der Waals surface area (Å²) < 4.78 is 7.87. The van der Waals surface area contributed by atoms with E-state index >= 15 is 0 Å². The van der Waals surface area contributed by atoms with E-state index in [0.717, 1.165) is 47.0 Å². The molecule has 158 valence electrons. The third kappa shape index (κ3) is 4.30. The number of nitrogens with zero attached hydrogens (tertiary/aromatic N) is 2. The highest BCUT2D eigenvalue weighted by atomic mass is 16.5. The summed E-state index contributed by atoms with van der Waals surface area (Å²) in [6.07, 6.45) is 6.70. The van der Waals surface area contributed by atoms with Crippen molar-refractivity contribution < 1.29 is 14.3 Å². The Labute approximate surface area is 180 Å². The Balaban J connectivity index is 1.17. The van der Waals surface area contributed by atoms with Crippen molar-refractivity contribution in [1.82, 2.24) is 9.55 Å². The van der Waals surface area contributed by atoms with E-state index in [1.54, 1.807) is 6.07 Å². The Morgan fingerprint density at radius 1 is 1.10 bits per heavy atom. The molecule has 0 atom stereocenters. The molecule has 2 aliphatic rings. The first-order valence-electron chi connectivity index (χ1n) is 10.7. The molecule has 2 amide bonds. The number of aromatic nitrogens is 2. The summed E-state index contributed by atoms with van der Waals surface area (Å²) in [5.41, 5.74) is 4.56. The zero-order valence-corrected chi connectivity index (χ0v) is 17.2. The lowest BCUT2D eigenvalue weighted by molar-refractivity contribution is -0.118. The number of benzene rings is 2. The van der Waals surface area contributed by atoms with Gasteiger partial charge in [-0.05, 0) is 55.2 Å². The van der Waals surface area contributed by atoms with Gasteiger partial charge in [0.25, 0.3) is 5.91 Å². The molecule has 7 nitrogen and oxygen atoms in total. The minimum Gasteiger partial charge on any atom is -0.484 e. The number of hydrogen-bond acceptors (Lipinski definition) is 4. The Hall–Kier alpha value is -3.61. The van der Waals surface area contributed by atoms with E-state index < -0.39 is 0 Å². The number of carbonyl (C=O) groups is 2. The van der Waals surface area contributed by atoms with Crippen LogP contribution in [-0.4, -0.2) is 28.0 Å². The molecule has 3 heterocycles. The fraction of sp³-hybridized carbons (Fsp3) is 0.292. The van der Waals surface area contributed by atoms with Gasteiger partial charge < -0.3 is 19.9 Å². The van der Waals surface area contributed by atoms with Gasteiger partial charge in [-0.2, -0.15) is 0 Å². The van der Waals surface area contributed by atoms with E-state index in [1.807, 2.05) is 36.4 Å². The van der Waals surface area contributed by atoms with Crippen LogP contribution in [0, 0.1) is 0 Å². The number of aryl methyl sites for hydroxylation is 3. The van der Waals surface area contributed by atoms with Crippen LogP contribution in [0.15, 0.2) is 48.7 Å². The maximum Gasteiger partial charge on any atom is 0.262 e. The maximum absolute atomic E-state index is 12.3. The van der Waals surface area contributed by atoms with Crippen molar-refractivity contribution in [3.8, 4) is 17.0 Å². The number of nitrogens with one attached hydrogen (secondary N) is 2. The Morgan fingerprint density at radius 3 is 2.81 bits per heavy atom. The van der Waals surface area contributed by atoms with E-state index in [1.165, 1.54) is 12.8 Å². The highest BCUT2D eigenvalue weighted by Gasteiger charge is 2.16. The number of fused-ring (bicyclic) bond motifs is 2. The third-order valence-electron chi connectivity index (χ3n) is 5.72. The molecule has 0 saturated heterocycles. The van der Waals surface area contributed by atoms with Crippen LogP contribution in [0.5, 0.6) is 5.75 Å². The molecule has 0 fully saturated rings. The predicted molar refractivity (Wildman–Crippen MR) is 118 cm³/mol. The minimum absolute atomic E-state index is 0.0269. The minimum atomic E-state index is -0.226. The molecule has 2 aliphatic heterocycles. The summed E-state index contributed by atoms with van der Waals surface area (Å²) >= 11 is 0. The van der Waals surface area contributed by atoms with Gasteiger partial charge in [0, 0.05) is 42.5 Å². The zero-order valence-electron chi connectivity index (χ0n) is 17.2. The molecule has 31 heavy (non-hydrogen) atoms. The largest absolute Gasteiger partial charge is 0.484 e. The van der Waals surface area contributed by atoms with Crippen molar-refractivity contribution >= 4 is 23.2 Å². The van der Waals surface area contributed by atoms with E-state index in [0.29, 0.717) is 18.6 Å². The van der Waals surface area contributed by atoms with Crippen LogP contribution in [0.3, 0.4) is 0 Å². The molecule has 1 aromatic heterocycles. The SMILES string of the molecule is O=C(COc1ccc2c(c1)CCC(=O)N2)Nc1ccc(-c2cn3c(n2)CCCC3)cc1. The molecule has 0 spiro atoms. The lowest BCUT2D eigenvalue weighted by atomic mass is 10.0. The van der Waals surface area contributed by atoms with E-state index in [9.17, 15) is 9.59 Å². The van der Waals surface area contributed by atoms with Gasteiger partial charge in [0.2, 0.25) is 5.91 Å². The molecular formula is C24H24N4O3.